The summed E-state index contributed by atoms with van der Waals surface area (Å²) in [6, 6.07) is 5.93. The number of aromatic nitrogens is 5. The number of hydrogen-bond donors (Lipinski definition) is 1. The first-order valence-electron chi connectivity index (χ1n) is 15.8. The number of benzene rings is 1. The molecule has 1 atom stereocenters. The van der Waals surface area contributed by atoms with Gasteiger partial charge in [0.1, 0.15) is 11.1 Å². The summed E-state index contributed by atoms with van der Waals surface area (Å²) >= 11 is 0. The van der Waals surface area contributed by atoms with Crippen molar-refractivity contribution in [1.29, 1.82) is 0 Å². The Bertz CT molecular complexity index is 1830. The number of ether oxygens (including phenoxy) is 1. The van der Waals surface area contributed by atoms with E-state index in [9.17, 15) is 13.2 Å². The second kappa shape index (κ2) is 11.9. The first kappa shape index (κ1) is 31.2. The highest BCUT2D eigenvalue weighted by molar-refractivity contribution is 7.89. The van der Waals surface area contributed by atoms with Gasteiger partial charge in [0.2, 0.25) is 10.0 Å². The quantitative estimate of drug-likeness (QED) is 0.259. The molecule has 6 rings (SSSR count). The van der Waals surface area contributed by atoms with Crippen LogP contribution in [-0.2, 0) is 14.8 Å². The van der Waals surface area contributed by atoms with Crippen molar-refractivity contribution in [3.05, 3.63) is 43.0 Å². The van der Waals surface area contributed by atoms with Crippen LogP contribution in [0.1, 0.15) is 79.2 Å². The lowest BCUT2D eigenvalue weighted by atomic mass is 9.87. The molecule has 2 fully saturated rings. The van der Waals surface area contributed by atoms with E-state index in [1.165, 1.54) is 24.5 Å². The topological polar surface area (TPSA) is 124 Å². The maximum absolute atomic E-state index is 13.3. The van der Waals surface area contributed by atoms with Gasteiger partial charge < -0.3 is 9.64 Å². The van der Waals surface area contributed by atoms with Gasteiger partial charge in [-0.05, 0) is 97.4 Å². The van der Waals surface area contributed by atoms with E-state index in [-0.39, 0.29) is 10.9 Å². The van der Waals surface area contributed by atoms with Gasteiger partial charge in [-0.2, -0.15) is 5.10 Å². The maximum Gasteiger partial charge on any atom is 0.420 e. The molecule has 4 heterocycles. The van der Waals surface area contributed by atoms with Crippen LogP contribution in [0.2, 0.25) is 0 Å². The van der Waals surface area contributed by atoms with E-state index in [2.05, 4.69) is 23.5 Å². The number of anilines is 1. The zero-order valence-corrected chi connectivity index (χ0v) is 27.8. The van der Waals surface area contributed by atoms with Gasteiger partial charge in [0, 0.05) is 47.4 Å². The van der Waals surface area contributed by atoms with Gasteiger partial charge in [0.05, 0.1) is 29.0 Å². The van der Waals surface area contributed by atoms with Crippen LogP contribution < -0.4 is 9.62 Å². The predicted molar refractivity (Wildman–Crippen MR) is 175 cm³/mol. The number of nitrogens with zero attached hydrogens (tertiary/aromatic N) is 6. The van der Waals surface area contributed by atoms with Gasteiger partial charge in [-0.25, -0.2) is 32.5 Å². The molecular weight excluding hydrogens is 590 g/mol. The Morgan fingerprint density at radius 1 is 1.00 bits per heavy atom. The SMILES string of the molecule is CNS(=O)(=O)c1cc(-c2cnc3c(n2)c(-c2cnn(C4CCC(C)CC4)c2)cn3C(=O)OC(C)(C)C)cc(N2CCCC2C)c1. The van der Waals surface area contributed by atoms with Gasteiger partial charge in [0.15, 0.2) is 5.65 Å². The van der Waals surface area contributed by atoms with Crippen molar-refractivity contribution < 1.29 is 17.9 Å². The molecule has 1 unspecified atom stereocenters. The summed E-state index contributed by atoms with van der Waals surface area (Å²) in [4.78, 5) is 25.5. The second-order valence-electron chi connectivity index (χ2n) is 13.6. The zero-order chi connectivity index (χ0) is 32.1. The molecule has 1 saturated carbocycles. The second-order valence-corrected chi connectivity index (χ2v) is 15.4. The third kappa shape index (κ3) is 6.35. The summed E-state index contributed by atoms with van der Waals surface area (Å²) in [5.74, 6) is 0.729. The van der Waals surface area contributed by atoms with E-state index in [0.717, 1.165) is 49.4 Å². The minimum atomic E-state index is -3.73. The molecule has 3 aromatic heterocycles. The van der Waals surface area contributed by atoms with Crippen molar-refractivity contribution in [1.82, 2.24) is 29.0 Å². The smallest absolute Gasteiger partial charge is 0.420 e. The molecular formula is C33H43N7O4S. The van der Waals surface area contributed by atoms with Crippen LogP contribution >= 0.6 is 0 Å². The average molecular weight is 634 g/mol. The Morgan fingerprint density at radius 2 is 1.76 bits per heavy atom. The van der Waals surface area contributed by atoms with Crippen molar-refractivity contribution in [2.45, 2.75) is 95.7 Å². The highest BCUT2D eigenvalue weighted by atomic mass is 32.2. The third-order valence-electron chi connectivity index (χ3n) is 9.01. The zero-order valence-electron chi connectivity index (χ0n) is 26.9. The number of sulfonamides is 1. The Morgan fingerprint density at radius 3 is 2.42 bits per heavy atom. The average Bonchev–Trinajstić information content (AvgIpc) is 3.74. The fourth-order valence-corrected chi connectivity index (χ4v) is 7.26. The summed E-state index contributed by atoms with van der Waals surface area (Å²) in [5, 5.41) is 4.72. The van der Waals surface area contributed by atoms with Gasteiger partial charge in [-0.1, -0.05) is 6.92 Å². The molecule has 1 saturated heterocycles. The largest absolute Gasteiger partial charge is 0.443 e. The highest BCUT2D eigenvalue weighted by Gasteiger charge is 2.27. The van der Waals surface area contributed by atoms with E-state index in [4.69, 9.17) is 19.8 Å². The monoisotopic (exact) mass is 633 g/mol. The van der Waals surface area contributed by atoms with Crippen LogP contribution in [-0.4, -0.2) is 64.1 Å². The molecule has 12 heteroatoms. The van der Waals surface area contributed by atoms with Gasteiger partial charge in [-0.3, -0.25) is 4.68 Å². The van der Waals surface area contributed by atoms with Crippen molar-refractivity contribution in [3.63, 3.8) is 0 Å². The Labute approximate surface area is 265 Å². The number of rotatable bonds is 6. The summed E-state index contributed by atoms with van der Waals surface area (Å²) < 4.78 is 37.6. The molecule has 0 bridgehead atoms. The molecule has 45 heavy (non-hydrogen) atoms. The fraction of sp³-hybridized carbons (Fsp3) is 0.515. The van der Waals surface area contributed by atoms with E-state index in [0.29, 0.717) is 34.0 Å². The molecule has 240 valence electrons. The summed E-state index contributed by atoms with van der Waals surface area (Å²) in [5.41, 5.74) is 3.63. The molecule has 1 aromatic carbocycles. The van der Waals surface area contributed by atoms with Crippen LogP contribution in [0.3, 0.4) is 0 Å². The normalized spacial score (nSPS) is 21.0. The molecule has 11 nitrogen and oxygen atoms in total. The number of carbonyl (C=O) groups is 1. The summed E-state index contributed by atoms with van der Waals surface area (Å²) in [6.07, 6.45) is 13.2. The highest BCUT2D eigenvalue weighted by Crippen LogP contribution is 2.36. The third-order valence-corrected chi connectivity index (χ3v) is 10.4. The Kier molecular flexibility index (Phi) is 8.23. The first-order valence-corrected chi connectivity index (χ1v) is 17.3. The van der Waals surface area contributed by atoms with E-state index in [1.807, 2.05) is 43.9 Å². The molecule has 0 spiro atoms. The van der Waals surface area contributed by atoms with Gasteiger partial charge in [-0.15, -0.1) is 0 Å². The van der Waals surface area contributed by atoms with E-state index >= 15 is 0 Å². The molecule has 2 aliphatic rings. The predicted octanol–water partition coefficient (Wildman–Crippen LogP) is 6.39. The Balaban J connectivity index is 1.48. The van der Waals surface area contributed by atoms with Gasteiger partial charge >= 0.3 is 6.09 Å². The van der Waals surface area contributed by atoms with Crippen molar-refractivity contribution in [2.75, 3.05) is 18.5 Å². The van der Waals surface area contributed by atoms with E-state index in [1.54, 1.807) is 24.5 Å². The maximum atomic E-state index is 13.3. The lowest BCUT2D eigenvalue weighted by Crippen LogP contribution is -2.27. The number of fused-ring (bicyclic) bond motifs is 1. The number of nitrogens with one attached hydrogen (secondary N) is 1. The first-order chi connectivity index (χ1) is 21.3. The Hall–Kier alpha value is -3.77. The minimum Gasteiger partial charge on any atom is -0.443 e. The standard InChI is InChI=1S/C33H43N7O4S/c1-21-9-11-25(12-10-21)40-19-24(17-36-40)28-20-39(32(41)44-33(3,4)5)31-30(28)37-29(18-35-31)23-14-26(38-13-7-8-22(38)2)16-27(15-23)45(42,43)34-6/h14-22,25,34H,7-13H2,1-6H3. The van der Waals surface area contributed by atoms with E-state index < -0.39 is 21.7 Å². The van der Waals surface area contributed by atoms with Crippen LogP contribution in [0.15, 0.2) is 47.9 Å². The molecule has 0 amide bonds. The fourth-order valence-electron chi connectivity index (χ4n) is 6.46. The lowest BCUT2D eigenvalue weighted by Gasteiger charge is -2.26. The number of carbonyl (C=O) groups excluding carboxylic acids is 1. The molecule has 1 N–H and O–H groups in total. The van der Waals surface area contributed by atoms with Crippen LogP contribution in [0.4, 0.5) is 10.5 Å². The number of hydrogen-bond acceptors (Lipinski definition) is 8. The van der Waals surface area contributed by atoms with Crippen molar-refractivity contribution in [3.8, 4) is 22.4 Å². The molecule has 1 aliphatic heterocycles. The van der Waals surface area contributed by atoms with Crippen LogP contribution in [0.5, 0.6) is 0 Å². The minimum absolute atomic E-state index is 0.160. The molecule has 0 radical (unpaired) electrons. The van der Waals surface area contributed by atoms with Crippen molar-refractivity contribution in [2.24, 2.45) is 5.92 Å². The molecule has 1 aliphatic carbocycles. The van der Waals surface area contributed by atoms with Crippen LogP contribution in [0.25, 0.3) is 33.5 Å². The van der Waals surface area contributed by atoms with Crippen LogP contribution in [0, 0.1) is 5.92 Å². The van der Waals surface area contributed by atoms with Crippen molar-refractivity contribution >= 4 is 33.0 Å². The van der Waals surface area contributed by atoms with Gasteiger partial charge in [0.25, 0.3) is 0 Å². The summed E-state index contributed by atoms with van der Waals surface area (Å²) in [6.45, 7) is 10.8. The molecule has 4 aromatic rings. The summed E-state index contributed by atoms with van der Waals surface area (Å²) in [7, 11) is -2.32. The lowest BCUT2D eigenvalue weighted by molar-refractivity contribution is 0.0543.